The molecule has 2 unspecified atom stereocenters. The molecular formula is C15H18N2O4S2. The van der Waals surface area contributed by atoms with E-state index in [-0.39, 0.29) is 23.6 Å². The molecule has 1 aromatic rings. The third-order valence-corrected chi connectivity index (χ3v) is 6.75. The van der Waals surface area contributed by atoms with Crippen LogP contribution in [-0.2, 0) is 9.84 Å². The number of rotatable bonds is 2. The molecule has 0 radical (unpaired) electrons. The van der Waals surface area contributed by atoms with Crippen LogP contribution in [0, 0.1) is 0 Å². The molecule has 0 N–H and O–H groups in total. The average Bonchev–Trinajstić information content (AvgIpc) is 2.95. The lowest BCUT2D eigenvalue weighted by Gasteiger charge is -2.26. The lowest BCUT2D eigenvalue weighted by Crippen LogP contribution is -2.37. The maximum absolute atomic E-state index is 12.1. The first-order valence-electron chi connectivity index (χ1n) is 7.70. The number of sulfone groups is 1. The third kappa shape index (κ3) is 2.35. The van der Waals surface area contributed by atoms with Gasteiger partial charge < -0.3 is 19.3 Å². The van der Waals surface area contributed by atoms with Gasteiger partial charge in [0.05, 0.1) is 23.6 Å². The predicted molar refractivity (Wildman–Crippen MR) is 91.1 cm³/mol. The Morgan fingerprint density at radius 2 is 1.87 bits per heavy atom. The second kappa shape index (κ2) is 5.24. The number of anilines is 1. The first-order valence-corrected chi connectivity index (χ1v) is 9.93. The normalized spacial score (nSPS) is 28.1. The zero-order valence-corrected chi connectivity index (χ0v) is 14.4. The summed E-state index contributed by atoms with van der Waals surface area (Å²) in [5, 5.41) is 0.689. The maximum atomic E-state index is 12.1. The molecule has 0 spiro atoms. The molecule has 3 aliphatic heterocycles. The van der Waals surface area contributed by atoms with Crippen LogP contribution >= 0.6 is 12.2 Å². The lowest BCUT2D eigenvalue weighted by molar-refractivity contribution is 0.171. The number of hydrogen-bond donors (Lipinski definition) is 0. The molecular weight excluding hydrogens is 336 g/mol. The van der Waals surface area contributed by atoms with Crippen molar-refractivity contribution in [1.29, 1.82) is 0 Å². The van der Waals surface area contributed by atoms with Crippen LogP contribution in [0.5, 0.6) is 11.5 Å². The molecule has 2 saturated heterocycles. The fourth-order valence-electron chi connectivity index (χ4n) is 3.63. The molecule has 0 amide bonds. The van der Waals surface area contributed by atoms with Crippen LogP contribution in [0.4, 0.5) is 5.69 Å². The molecule has 0 aliphatic carbocycles. The Kier molecular flexibility index (Phi) is 3.42. The summed E-state index contributed by atoms with van der Waals surface area (Å²) in [6, 6.07) is 5.48. The van der Waals surface area contributed by atoms with Crippen molar-refractivity contribution >= 4 is 32.9 Å². The van der Waals surface area contributed by atoms with Gasteiger partial charge in [-0.05, 0) is 31.3 Å². The van der Waals surface area contributed by atoms with E-state index in [0.29, 0.717) is 36.4 Å². The highest BCUT2D eigenvalue weighted by atomic mass is 32.2. The Morgan fingerprint density at radius 3 is 2.61 bits per heavy atom. The summed E-state index contributed by atoms with van der Waals surface area (Å²) in [5.41, 5.74) is 0.863. The minimum absolute atomic E-state index is 0.0642. The summed E-state index contributed by atoms with van der Waals surface area (Å²) in [6.45, 7) is 3.77. The molecule has 124 valence electrons. The largest absolute Gasteiger partial charge is 0.486 e. The Morgan fingerprint density at radius 1 is 1.17 bits per heavy atom. The van der Waals surface area contributed by atoms with Gasteiger partial charge in [0.15, 0.2) is 26.4 Å². The zero-order chi connectivity index (χ0) is 16.2. The molecule has 0 bridgehead atoms. The standard InChI is InChI=1S/C15H18N2O4S2/c1-2-16-11-8-23(18,19)9-12(11)17(15(16)22)10-3-4-13-14(7-10)21-6-5-20-13/h3-4,7,11-12H,2,5-6,8-9H2,1H3. The highest BCUT2D eigenvalue weighted by Gasteiger charge is 2.51. The molecule has 0 aromatic heterocycles. The van der Waals surface area contributed by atoms with Crippen molar-refractivity contribution in [2.24, 2.45) is 0 Å². The number of nitrogens with zero attached hydrogens (tertiary/aromatic N) is 2. The number of fused-ring (bicyclic) bond motifs is 2. The van der Waals surface area contributed by atoms with Crippen LogP contribution in [-0.4, -0.2) is 61.8 Å². The average molecular weight is 354 g/mol. The summed E-state index contributed by atoms with van der Waals surface area (Å²) in [7, 11) is -3.03. The van der Waals surface area contributed by atoms with E-state index in [1.165, 1.54) is 0 Å². The van der Waals surface area contributed by atoms with E-state index in [4.69, 9.17) is 21.7 Å². The summed E-state index contributed by atoms with van der Waals surface area (Å²) < 4.78 is 35.3. The Bertz CT molecular complexity index is 765. The van der Waals surface area contributed by atoms with Gasteiger partial charge in [-0.15, -0.1) is 0 Å². The van der Waals surface area contributed by atoms with Crippen LogP contribution < -0.4 is 14.4 Å². The van der Waals surface area contributed by atoms with Gasteiger partial charge in [0, 0.05) is 18.3 Å². The van der Waals surface area contributed by atoms with Gasteiger partial charge in [0.2, 0.25) is 0 Å². The van der Waals surface area contributed by atoms with Gasteiger partial charge in [0.25, 0.3) is 0 Å². The van der Waals surface area contributed by atoms with E-state index in [1.54, 1.807) is 0 Å². The molecule has 1 aromatic carbocycles. The number of hydrogen-bond acceptors (Lipinski definition) is 5. The smallest absolute Gasteiger partial charge is 0.176 e. The van der Waals surface area contributed by atoms with E-state index in [9.17, 15) is 8.42 Å². The molecule has 2 fully saturated rings. The van der Waals surface area contributed by atoms with Gasteiger partial charge in [0.1, 0.15) is 13.2 Å². The topological polar surface area (TPSA) is 59.1 Å². The van der Waals surface area contributed by atoms with Crippen molar-refractivity contribution in [2.75, 3.05) is 36.2 Å². The number of ether oxygens (including phenoxy) is 2. The van der Waals surface area contributed by atoms with Crippen LogP contribution in [0.3, 0.4) is 0 Å². The molecule has 0 saturated carbocycles. The molecule has 8 heteroatoms. The van der Waals surface area contributed by atoms with Crippen molar-refractivity contribution in [3.05, 3.63) is 18.2 Å². The lowest BCUT2D eigenvalue weighted by atomic mass is 10.1. The van der Waals surface area contributed by atoms with Crippen molar-refractivity contribution in [2.45, 2.75) is 19.0 Å². The van der Waals surface area contributed by atoms with E-state index in [1.807, 2.05) is 34.9 Å². The summed E-state index contributed by atoms with van der Waals surface area (Å²) in [6.07, 6.45) is 0. The van der Waals surface area contributed by atoms with Crippen LogP contribution in [0.2, 0.25) is 0 Å². The van der Waals surface area contributed by atoms with Gasteiger partial charge in [-0.3, -0.25) is 0 Å². The molecule has 3 aliphatic rings. The maximum Gasteiger partial charge on any atom is 0.176 e. The second-order valence-electron chi connectivity index (χ2n) is 5.98. The van der Waals surface area contributed by atoms with Gasteiger partial charge in [-0.25, -0.2) is 8.42 Å². The van der Waals surface area contributed by atoms with E-state index in [2.05, 4.69) is 0 Å². The van der Waals surface area contributed by atoms with Crippen molar-refractivity contribution < 1.29 is 17.9 Å². The van der Waals surface area contributed by atoms with E-state index < -0.39 is 9.84 Å². The Hall–Kier alpha value is -1.54. The minimum Gasteiger partial charge on any atom is -0.486 e. The van der Waals surface area contributed by atoms with Crippen molar-refractivity contribution in [1.82, 2.24) is 4.90 Å². The molecule has 3 heterocycles. The highest BCUT2D eigenvalue weighted by molar-refractivity contribution is 7.91. The first kappa shape index (κ1) is 15.0. The summed E-state index contributed by atoms with van der Waals surface area (Å²) >= 11 is 5.61. The van der Waals surface area contributed by atoms with E-state index >= 15 is 0 Å². The zero-order valence-electron chi connectivity index (χ0n) is 12.8. The van der Waals surface area contributed by atoms with Crippen molar-refractivity contribution in [3.63, 3.8) is 0 Å². The SMILES string of the molecule is CCN1C(=S)N(c2ccc3c(c2)OCCO3)C2CS(=O)(=O)CC21. The number of likely N-dealkylation sites (N-methyl/N-ethyl adjacent to an activating group) is 1. The number of thiocarbonyl (C=S) groups is 1. The summed E-state index contributed by atoms with van der Waals surface area (Å²) in [4.78, 5) is 3.98. The number of benzene rings is 1. The predicted octanol–water partition coefficient (Wildman–Crippen LogP) is 1.05. The van der Waals surface area contributed by atoms with Gasteiger partial charge in [-0.1, -0.05) is 0 Å². The fraction of sp³-hybridized carbons (Fsp3) is 0.533. The summed E-state index contributed by atoms with van der Waals surface area (Å²) in [5.74, 6) is 1.71. The molecule has 23 heavy (non-hydrogen) atoms. The molecule has 4 rings (SSSR count). The minimum atomic E-state index is -3.03. The highest BCUT2D eigenvalue weighted by Crippen LogP contribution is 2.39. The Balaban J connectivity index is 1.74. The monoisotopic (exact) mass is 354 g/mol. The van der Waals surface area contributed by atoms with Gasteiger partial charge in [-0.2, -0.15) is 0 Å². The van der Waals surface area contributed by atoms with Crippen molar-refractivity contribution in [3.8, 4) is 11.5 Å². The molecule has 6 nitrogen and oxygen atoms in total. The quantitative estimate of drug-likeness (QED) is 0.736. The third-order valence-electron chi connectivity index (χ3n) is 4.62. The van der Waals surface area contributed by atoms with Gasteiger partial charge >= 0.3 is 0 Å². The van der Waals surface area contributed by atoms with E-state index in [0.717, 1.165) is 5.69 Å². The van der Waals surface area contributed by atoms with Crippen LogP contribution in [0.25, 0.3) is 0 Å². The Labute approximate surface area is 140 Å². The second-order valence-corrected chi connectivity index (χ2v) is 8.50. The van der Waals surface area contributed by atoms with Crippen LogP contribution in [0.15, 0.2) is 18.2 Å². The first-order chi connectivity index (χ1) is 11.0. The molecule has 2 atom stereocenters. The van der Waals surface area contributed by atoms with Crippen LogP contribution in [0.1, 0.15) is 6.92 Å². The fourth-order valence-corrected chi connectivity index (χ4v) is 6.09.